The Labute approximate surface area is 122 Å². The molecule has 0 spiro atoms. The Balaban J connectivity index is 2.40. The van der Waals surface area contributed by atoms with Crippen LogP contribution in [-0.2, 0) is 6.18 Å². The van der Waals surface area contributed by atoms with Gasteiger partial charge in [-0.1, -0.05) is 13.3 Å². The number of alkyl halides is 3. The van der Waals surface area contributed by atoms with Crippen LogP contribution in [-0.4, -0.2) is 31.1 Å². The predicted molar refractivity (Wildman–Crippen MR) is 73.5 cm³/mol. The molecule has 6 heteroatoms. The second kappa shape index (κ2) is 6.75. The smallest absolute Gasteiger partial charge is 0.314 e. The van der Waals surface area contributed by atoms with Crippen LogP contribution in [0.25, 0.3) is 0 Å². The third-order valence-electron chi connectivity index (χ3n) is 3.83. The topological polar surface area (TPSA) is 15.3 Å². The van der Waals surface area contributed by atoms with Gasteiger partial charge < -0.3 is 5.32 Å². The van der Waals surface area contributed by atoms with Crippen molar-refractivity contribution in [1.82, 2.24) is 10.2 Å². The molecule has 0 aromatic heterocycles. The fourth-order valence-corrected chi connectivity index (χ4v) is 2.87. The number of hydrogen-bond acceptors (Lipinski definition) is 2. The standard InChI is InChI=1S/C15H20F4N2/c1-2-3-14(21-8-6-20-7-9-21)12-10-11(16)4-5-13(12)15(17,18)19/h4-5,10,14,20H,2-3,6-9H2,1H3/t14-/m1/s1. The lowest BCUT2D eigenvalue weighted by atomic mass is 9.94. The maximum absolute atomic E-state index is 13.5. The van der Waals surface area contributed by atoms with Crippen molar-refractivity contribution in [2.45, 2.75) is 32.0 Å². The monoisotopic (exact) mass is 304 g/mol. The molecule has 1 atom stereocenters. The minimum atomic E-state index is -4.46. The van der Waals surface area contributed by atoms with Gasteiger partial charge >= 0.3 is 6.18 Å². The Morgan fingerprint density at radius 3 is 2.48 bits per heavy atom. The number of benzene rings is 1. The highest BCUT2D eigenvalue weighted by Gasteiger charge is 2.36. The molecule has 0 unspecified atom stereocenters. The summed E-state index contributed by atoms with van der Waals surface area (Å²) in [5, 5.41) is 3.18. The highest BCUT2D eigenvalue weighted by atomic mass is 19.4. The van der Waals surface area contributed by atoms with Crippen LogP contribution in [0.3, 0.4) is 0 Å². The molecule has 118 valence electrons. The maximum Gasteiger partial charge on any atom is 0.416 e. The van der Waals surface area contributed by atoms with Gasteiger partial charge in [0, 0.05) is 32.2 Å². The van der Waals surface area contributed by atoms with Crippen molar-refractivity contribution >= 4 is 0 Å². The van der Waals surface area contributed by atoms with Crippen LogP contribution in [0.4, 0.5) is 17.6 Å². The third-order valence-corrected chi connectivity index (χ3v) is 3.83. The van der Waals surface area contributed by atoms with Crippen molar-refractivity contribution < 1.29 is 17.6 Å². The molecule has 2 rings (SSSR count). The molecule has 0 saturated carbocycles. The van der Waals surface area contributed by atoms with Crippen molar-refractivity contribution in [3.05, 3.63) is 35.1 Å². The third kappa shape index (κ3) is 3.95. The summed E-state index contributed by atoms with van der Waals surface area (Å²) in [5.41, 5.74) is -0.660. The van der Waals surface area contributed by atoms with Gasteiger partial charge in [0.05, 0.1) is 5.56 Å². The highest BCUT2D eigenvalue weighted by molar-refractivity contribution is 5.33. The van der Waals surface area contributed by atoms with Crippen LogP contribution in [0.1, 0.15) is 36.9 Å². The summed E-state index contributed by atoms with van der Waals surface area (Å²) in [7, 11) is 0. The summed E-state index contributed by atoms with van der Waals surface area (Å²) in [4.78, 5) is 2.02. The Bertz CT molecular complexity index is 467. The van der Waals surface area contributed by atoms with Crippen LogP contribution in [0, 0.1) is 5.82 Å². The zero-order chi connectivity index (χ0) is 15.5. The second-order valence-corrected chi connectivity index (χ2v) is 5.32. The minimum Gasteiger partial charge on any atom is -0.314 e. The first-order valence-electron chi connectivity index (χ1n) is 7.25. The van der Waals surface area contributed by atoms with Crippen LogP contribution in [0.2, 0.25) is 0 Å². The summed E-state index contributed by atoms with van der Waals surface area (Å²) < 4.78 is 53.1. The number of nitrogens with one attached hydrogen (secondary N) is 1. The van der Waals surface area contributed by atoms with Crippen LogP contribution in [0.5, 0.6) is 0 Å². The zero-order valence-electron chi connectivity index (χ0n) is 12.0. The Kier molecular flexibility index (Phi) is 5.22. The SMILES string of the molecule is CCC[C@H](c1cc(F)ccc1C(F)(F)F)N1CCNCC1. The van der Waals surface area contributed by atoms with E-state index in [-0.39, 0.29) is 11.6 Å². The number of rotatable bonds is 4. The van der Waals surface area contributed by atoms with Crippen molar-refractivity contribution in [2.24, 2.45) is 0 Å². The lowest BCUT2D eigenvalue weighted by Gasteiger charge is -2.36. The molecule has 1 aromatic carbocycles. The van der Waals surface area contributed by atoms with E-state index in [2.05, 4.69) is 5.32 Å². The molecule has 1 fully saturated rings. The van der Waals surface area contributed by atoms with Gasteiger partial charge in [-0.05, 0) is 30.2 Å². The summed E-state index contributed by atoms with van der Waals surface area (Å²) >= 11 is 0. The van der Waals surface area contributed by atoms with Crippen molar-refractivity contribution in [1.29, 1.82) is 0 Å². The molecule has 1 heterocycles. The molecule has 2 nitrogen and oxygen atoms in total. The molecule has 1 aliphatic heterocycles. The molecule has 0 aliphatic carbocycles. The van der Waals surface area contributed by atoms with E-state index in [1.165, 1.54) is 0 Å². The maximum atomic E-state index is 13.5. The van der Waals surface area contributed by atoms with Crippen molar-refractivity contribution in [2.75, 3.05) is 26.2 Å². The quantitative estimate of drug-likeness (QED) is 0.855. The largest absolute Gasteiger partial charge is 0.416 e. The summed E-state index contributed by atoms with van der Waals surface area (Å²) in [6, 6.07) is 2.40. The van der Waals surface area contributed by atoms with E-state index in [0.29, 0.717) is 19.5 Å². The van der Waals surface area contributed by atoms with E-state index in [1.54, 1.807) is 0 Å². The lowest BCUT2D eigenvalue weighted by molar-refractivity contribution is -0.138. The van der Waals surface area contributed by atoms with Gasteiger partial charge in [-0.2, -0.15) is 13.2 Å². The van der Waals surface area contributed by atoms with Gasteiger partial charge in [0.25, 0.3) is 0 Å². The van der Waals surface area contributed by atoms with E-state index in [1.807, 2.05) is 11.8 Å². The number of hydrogen-bond donors (Lipinski definition) is 1. The van der Waals surface area contributed by atoms with Gasteiger partial charge in [-0.15, -0.1) is 0 Å². The van der Waals surface area contributed by atoms with Crippen LogP contribution in [0.15, 0.2) is 18.2 Å². The molecule has 1 aliphatic rings. The molecule has 21 heavy (non-hydrogen) atoms. The number of halogens is 4. The Morgan fingerprint density at radius 1 is 1.24 bits per heavy atom. The molecular weight excluding hydrogens is 284 g/mol. The fourth-order valence-electron chi connectivity index (χ4n) is 2.87. The van der Waals surface area contributed by atoms with E-state index in [0.717, 1.165) is 37.7 Å². The van der Waals surface area contributed by atoms with E-state index in [9.17, 15) is 17.6 Å². The van der Waals surface area contributed by atoms with Gasteiger partial charge in [0.2, 0.25) is 0 Å². The van der Waals surface area contributed by atoms with Gasteiger partial charge in [0.1, 0.15) is 5.82 Å². The minimum absolute atomic E-state index is 0.0613. The average molecular weight is 304 g/mol. The Morgan fingerprint density at radius 2 is 1.90 bits per heavy atom. The highest BCUT2D eigenvalue weighted by Crippen LogP contribution is 2.38. The Hall–Kier alpha value is -1.14. The first kappa shape index (κ1) is 16.2. The summed E-state index contributed by atoms with van der Waals surface area (Å²) in [6.07, 6.45) is -3.11. The first-order chi connectivity index (χ1) is 9.93. The first-order valence-corrected chi connectivity index (χ1v) is 7.25. The molecule has 1 saturated heterocycles. The van der Waals surface area contributed by atoms with E-state index in [4.69, 9.17) is 0 Å². The van der Waals surface area contributed by atoms with Crippen molar-refractivity contribution in [3.8, 4) is 0 Å². The zero-order valence-corrected chi connectivity index (χ0v) is 12.0. The van der Waals surface area contributed by atoms with E-state index >= 15 is 0 Å². The predicted octanol–water partition coefficient (Wildman–Crippen LogP) is 3.59. The van der Waals surface area contributed by atoms with Gasteiger partial charge in [-0.25, -0.2) is 4.39 Å². The number of nitrogens with zero attached hydrogens (tertiary/aromatic N) is 1. The van der Waals surface area contributed by atoms with E-state index < -0.39 is 17.6 Å². The summed E-state index contributed by atoms with van der Waals surface area (Å²) in [5.74, 6) is -0.616. The summed E-state index contributed by atoms with van der Waals surface area (Å²) in [6.45, 7) is 4.78. The molecule has 1 aromatic rings. The fraction of sp³-hybridized carbons (Fsp3) is 0.600. The number of piperazine rings is 1. The van der Waals surface area contributed by atoms with Gasteiger partial charge in [0.15, 0.2) is 0 Å². The van der Waals surface area contributed by atoms with Gasteiger partial charge in [-0.3, -0.25) is 4.90 Å². The molecular formula is C15H20F4N2. The van der Waals surface area contributed by atoms with Crippen LogP contribution < -0.4 is 5.32 Å². The average Bonchev–Trinajstić information content (AvgIpc) is 2.44. The van der Waals surface area contributed by atoms with Crippen LogP contribution >= 0.6 is 0 Å². The second-order valence-electron chi connectivity index (χ2n) is 5.32. The lowest BCUT2D eigenvalue weighted by Crippen LogP contribution is -2.45. The van der Waals surface area contributed by atoms with Crippen molar-refractivity contribution in [3.63, 3.8) is 0 Å². The molecule has 1 N–H and O–H groups in total. The molecule has 0 bridgehead atoms. The molecule has 0 radical (unpaired) electrons. The normalized spacial score (nSPS) is 18.7. The molecule has 0 amide bonds.